The number of carbonyl (C=O) groups excluding carboxylic acids is 1. The van der Waals surface area contributed by atoms with Crippen LogP contribution >= 0.6 is 0 Å². The quantitative estimate of drug-likeness (QED) is 0.877. The zero-order valence-corrected chi connectivity index (χ0v) is 10.2. The van der Waals surface area contributed by atoms with Gasteiger partial charge in [-0.05, 0) is 6.07 Å². The molecule has 1 N–H and O–H groups in total. The topological polar surface area (TPSA) is 65.4 Å². The molecule has 2 rings (SSSR count). The highest BCUT2D eigenvalue weighted by atomic mass is 16.5. The van der Waals surface area contributed by atoms with Gasteiger partial charge in [0.15, 0.2) is 0 Å². The van der Waals surface area contributed by atoms with Crippen molar-refractivity contribution >= 4 is 6.03 Å². The number of benzene rings is 1. The third-order valence-electron chi connectivity index (χ3n) is 3.00. The number of urea groups is 1. The van der Waals surface area contributed by atoms with E-state index in [4.69, 9.17) is 10.00 Å². The summed E-state index contributed by atoms with van der Waals surface area (Å²) >= 11 is 0. The summed E-state index contributed by atoms with van der Waals surface area (Å²) in [4.78, 5) is 13.4. The molecular weight excluding hydrogens is 230 g/mol. The minimum atomic E-state index is -0.124. The number of carbonyl (C=O) groups is 1. The van der Waals surface area contributed by atoms with Crippen molar-refractivity contribution in [3.8, 4) is 11.8 Å². The van der Waals surface area contributed by atoms with Crippen molar-refractivity contribution in [2.75, 3.05) is 20.2 Å². The number of nitrogens with one attached hydrogen (secondary N) is 1. The van der Waals surface area contributed by atoms with Crippen molar-refractivity contribution in [1.29, 1.82) is 5.26 Å². The minimum Gasteiger partial charge on any atom is -0.496 e. The van der Waals surface area contributed by atoms with Gasteiger partial charge in [-0.25, -0.2) is 4.79 Å². The fourth-order valence-corrected chi connectivity index (χ4v) is 2.10. The lowest BCUT2D eigenvalue weighted by Gasteiger charge is -2.14. The zero-order chi connectivity index (χ0) is 13.0. The molecule has 0 spiro atoms. The van der Waals surface area contributed by atoms with Gasteiger partial charge in [-0.2, -0.15) is 5.26 Å². The predicted molar refractivity (Wildman–Crippen MR) is 66.1 cm³/mol. The van der Waals surface area contributed by atoms with Crippen LogP contribution in [0.3, 0.4) is 0 Å². The fourth-order valence-electron chi connectivity index (χ4n) is 2.10. The maximum atomic E-state index is 11.7. The molecule has 1 aliphatic rings. The first kappa shape index (κ1) is 12.2. The number of nitrogens with zero attached hydrogens (tertiary/aromatic N) is 2. The Bertz CT molecular complexity index is 481. The van der Waals surface area contributed by atoms with Gasteiger partial charge in [0.25, 0.3) is 0 Å². The van der Waals surface area contributed by atoms with Crippen LogP contribution in [0.2, 0.25) is 0 Å². The predicted octanol–water partition coefficient (Wildman–Crippen LogP) is 1.68. The van der Waals surface area contributed by atoms with Crippen molar-refractivity contribution in [2.24, 2.45) is 0 Å². The summed E-state index contributed by atoms with van der Waals surface area (Å²) in [5, 5.41) is 11.5. The molecule has 18 heavy (non-hydrogen) atoms. The number of nitriles is 1. The molecule has 0 bridgehead atoms. The second-order valence-corrected chi connectivity index (χ2v) is 4.10. The molecule has 1 atom stereocenters. The van der Waals surface area contributed by atoms with Crippen LogP contribution in [0.25, 0.3) is 0 Å². The molecule has 1 fully saturated rings. The van der Waals surface area contributed by atoms with Gasteiger partial charge in [0.2, 0.25) is 0 Å². The van der Waals surface area contributed by atoms with E-state index >= 15 is 0 Å². The average Bonchev–Trinajstić information content (AvgIpc) is 2.77. The molecule has 1 heterocycles. The smallest absolute Gasteiger partial charge is 0.318 e. The van der Waals surface area contributed by atoms with Crippen molar-refractivity contribution in [1.82, 2.24) is 10.2 Å². The molecule has 1 unspecified atom stereocenters. The molecule has 1 aromatic rings. The lowest BCUT2D eigenvalue weighted by atomic mass is 10.1. The van der Waals surface area contributed by atoms with Crippen LogP contribution in [0.5, 0.6) is 5.75 Å². The average molecular weight is 245 g/mol. The number of hydrogen-bond donors (Lipinski definition) is 1. The van der Waals surface area contributed by atoms with Crippen LogP contribution in [0.1, 0.15) is 18.0 Å². The first-order chi connectivity index (χ1) is 8.76. The van der Waals surface area contributed by atoms with Crippen LogP contribution in [-0.2, 0) is 0 Å². The number of para-hydroxylation sites is 1. The number of rotatable bonds is 4. The largest absolute Gasteiger partial charge is 0.496 e. The number of hydrogen-bond acceptors (Lipinski definition) is 3. The van der Waals surface area contributed by atoms with E-state index in [2.05, 4.69) is 5.32 Å². The molecule has 1 aliphatic heterocycles. The maximum Gasteiger partial charge on any atom is 0.318 e. The highest BCUT2D eigenvalue weighted by molar-refractivity contribution is 5.77. The normalized spacial score (nSPS) is 18.3. The Morgan fingerprint density at radius 2 is 2.33 bits per heavy atom. The van der Waals surface area contributed by atoms with Gasteiger partial charge in [-0.1, -0.05) is 18.2 Å². The van der Waals surface area contributed by atoms with E-state index in [1.165, 1.54) is 0 Å². The van der Waals surface area contributed by atoms with Gasteiger partial charge in [0.05, 0.1) is 25.6 Å². The molecule has 94 valence electrons. The van der Waals surface area contributed by atoms with Crippen molar-refractivity contribution in [3.05, 3.63) is 29.8 Å². The van der Waals surface area contributed by atoms with E-state index in [0.29, 0.717) is 19.5 Å². The second-order valence-electron chi connectivity index (χ2n) is 4.10. The van der Waals surface area contributed by atoms with Gasteiger partial charge >= 0.3 is 6.03 Å². The van der Waals surface area contributed by atoms with Crippen molar-refractivity contribution < 1.29 is 9.53 Å². The van der Waals surface area contributed by atoms with Gasteiger partial charge in [0, 0.05) is 18.7 Å². The molecule has 5 nitrogen and oxygen atoms in total. The van der Waals surface area contributed by atoms with Crippen molar-refractivity contribution in [2.45, 2.75) is 12.5 Å². The summed E-state index contributed by atoms with van der Waals surface area (Å²) < 4.78 is 5.29. The summed E-state index contributed by atoms with van der Waals surface area (Å²) in [6.45, 7) is 1.04. The molecule has 0 aliphatic carbocycles. The third kappa shape index (κ3) is 2.38. The Balaban J connectivity index is 2.12. The SMILES string of the molecule is COc1ccccc1C1CN(CCC#N)C(=O)N1. The Hall–Kier alpha value is -2.22. The van der Waals surface area contributed by atoms with E-state index in [-0.39, 0.29) is 12.1 Å². The zero-order valence-electron chi connectivity index (χ0n) is 10.2. The van der Waals surface area contributed by atoms with Crippen LogP contribution in [0.4, 0.5) is 4.79 Å². The van der Waals surface area contributed by atoms with Crippen LogP contribution in [0.15, 0.2) is 24.3 Å². The van der Waals surface area contributed by atoms with Crippen LogP contribution < -0.4 is 10.1 Å². The van der Waals surface area contributed by atoms with Crippen LogP contribution in [0, 0.1) is 11.3 Å². The highest BCUT2D eigenvalue weighted by Crippen LogP contribution is 2.28. The Morgan fingerprint density at radius 1 is 1.56 bits per heavy atom. The summed E-state index contributed by atoms with van der Waals surface area (Å²) in [7, 11) is 1.61. The van der Waals surface area contributed by atoms with Gasteiger partial charge in [0.1, 0.15) is 5.75 Å². The third-order valence-corrected chi connectivity index (χ3v) is 3.00. The maximum absolute atomic E-state index is 11.7. The van der Waals surface area contributed by atoms with E-state index in [1.54, 1.807) is 12.0 Å². The van der Waals surface area contributed by atoms with E-state index in [9.17, 15) is 4.79 Å². The molecule has 2 amide bonds. The fraction of sp³-hybridized carbons (Fsp3) is 0.385. The highest BCUT2D eigenvalue weighted by Gasteiger charge is 2.30. The van der Waals surface area contributed by atoms with Gasteiger partial charge in [-0.15, -0.1) is 0 Å². The first-order valence-corrected chi connectivity index (χ1v) is 5.81. The first-order valence-electron chi connectivity index (χ1n) is 5.81. The molecule has 1 saturated heterocycles. The van der Waals surface area contributed by atoms with E-state index in [0.717, 1.165) is 11.3 Å². The molecule has 0 saturated carbocycles. The minimum absolute atomic E-state index is 0.0765. The lowest BCUT2D eigenvalue weighted by molar-refractivity contribution is 0.218. The second kappa shape index (κ2) is 5.41. The van der Waals surface area contributed by atoms with E-state index < -0.39 is 0 Å². The van der Waals surface area contributed by atoms with Gasteiger partial charge in [-0.3, -0.25) is 0 Å². The number of methoxy groups -OCH3 is 1. The molecular formula is C13H15N3O2. The lowest BCUT2D eigenvalue weighted by Crippen LogP contribution is -2.28. The molecule has 0 radical (unpaired) electrons. The Labute approximate surface area is 106 Å². The molecule has 0 aromatic heterocycles. The van der Waals surface area contributed by atoms with Crippen molar-refractivity contribution in [3.63, 3.8) is 0 Å². The van der Waals surface area contributed by atoms with Gasteiger partial charge < -0.3 is 15.0 Å². The Kier molecular flexibility index (Phi) is 3.68. The summed E-state index contributed by atoms with van der Waals surface area (Å²) in [5.74, 6) is 0.768. The number of ether oxygens (including phenoxy) is 1. The summed E-state index contributed by atoms with van der Waals surface area (Å²) in [5.41, 5.74) is 0.966. The standard InChI is InChI=1S/C13H15N3O2/c1-18-12-6-3-2-5-10(12)11-9-16(8-4-7-14)13(17)15-11/h2-3,5-6,11H,4,8-9H2,1H3,(H,15,17). The van der Waals surface area contributed by atoms with Crippen LogP contribution in [-0.4, -0.2) is 31.1 Å². The molecule has 5 heteroatoms. The summed E-state index contributed by atoms with van der Waals surface area (Å²) in [6, 6.07) is 9.48. The monoisotopic (exact) mass is 245 g/mol. The number of amides is 2. The Morgan fingerprint density at radius 3 is 3.06 bits per heavy atom. The van der Waals surface area contributed by atoms with E-state index in [1.807, 2.05) is 30.3 Å². The molecule has 1 aromatic carbocycles. The summed E-state index contributed by atoms with van der Waals surface area (Å²) in [6.07, 6.45) is 0.353.